The van der Waals surface area contributed by atoms with Crippen LogP contribution in [0.1, 0.15) is 30.4 Å². The number of piperidine rings is 1. The van der Waals surface area contributed by atoms with Gasteiger partial charge in [-0.2, -0.15) is 5.10 Å². The van der Waals surface area contributed by atoms with Gasteiger partial charge < -0.3 is 5.11 Å². The number of hydrogen-bond acceptors (Lipinski definition) is 3. The molecule has 1 aliphatic rings. The van der Waals surface area contributed by atoms with Gasteiger partial charge in [0, 0.05) is 23.9 Å². The summed E-state index contributed by atoms with van der Waals surface area (Å²) in [5.74, 6) is -0.729. The molecule has 5 heteroatoms. The molecule has 1 aromatic heterocycles. The summed E-state index contributed by atoms with van der Waals surface area (Å²) in [5.41, 5.74) is 5.24. The highest BCUT2D eigenvalue weighted by Gasteiger charge is 2.29. The molecule has 0 saturated carbocycles. The molecule has 0 bridgehead atoms. The first-order valence-electron chi connectivity index (χ1n) is 9.80. The first kappa shape index (κ1) is 18.4. The number of carboxylic acid groups (broad SMARTS) is 1. The Kier molecular flexibility index (Phi) is 5.26. The van der Waals surface area contributed by atoms with Crippen molar-refractivity contribution in [2.75, 3.05) is 6.54 Å². The predicted molar refractivity (Wildman–Crippen MR) is 109 cm³/mol. The standard InChI is InChI=1S/C23H25N3O2/c1-17-9-5-6-12-20(17)22-18(15-25-14-8-7-13-21(25)23(27)28)16-26(24-22)19-10-3-2-4-11-19/h2-6,9-12,16,21H,7-8,13-15H2,1H3,(H,27,28). The number of para-hydroxylation sites is 1. The van der Waals surface area contributed by atoms with Gasteiger partial charge in [0.25, 0.3) is 0 Å². The van der Waals surface area contributed by atoms with E-state index in [1.807, 2.05) is 53.3 Å². The first-order valence-corrected chi connectivity index (χ1v) is 9.80. The van der Waals surface area contributed by atoms with E-state index in [4.69, 9.17) is 5.10 Å². The van der Waals surface area contributed by atoms with Crippen molar-refractivity contribution < 1.29 is 9.90 Å². The highest BCUT2D eigenvalue weighted by Crippen LogP contribution is 2.29. The zero-order chi connectivity index (χ0) is 19.5. The lowest BCUT2D eigenvalue weighted by atomic mass is 9.99. The molecule has 0 aliphatic carbocycles. The number of nitrogens with zero attached hydrogens (tertiary/aromatic N) is 3. The van der Waals surface area contributed by atoms with Gasteiger partial charge >= 0.3 is 5.97 Å². The summed E-state index contributed by atoms with van der Waals surface area (Å²) < 4.78 is 1.90. The van der Waals surface area contributed by atoms with Crippen molar-refractivity contribution >= 4 is 5.97 Å². The summed E-state index contributed by atoms with van der Waals surface area (Å²) in [6, 6.07) is 17.8. The van der Waals surface area contributed by atoms with Crippen molar-refractivity contribution in [2.45, 2.75) is 38.8 Å². The van der Waals surface area contributed by atoms with Crippen LogP contribution in [0.4, 0.5) is 0 Å². The monoisotopic (exact) mass is 375 g/mol. The van der Waals surface area contributed by atoms with Crippen molar-refractivity contribution in [3.8, 4) is 16.9 Å². The van der Waals surface area contributed by atoms with Gasteiger partial charge in [-0.1, -0.05) is 48.9 Å². The van der Waals surface area contributed by atoms with Gasteiger partial charge in [-0.25, -0.2) is 4.68 Å². The van der Waals surface area contributed by atoms with Gasteiger partial charge in [0.15, 0.2) is 0 Å². The Morgan fingerprint density at radius 2 is 1.86 bits per heavy atom. The third-order valence-electron chi connectivity index (χ3n) is 5.48. The van der Waals surface area contributed by atoms with E-state index in [-0.39, 0.29) is 0 Å². The number of hydrogen-bond donors (Lipinski definition) is 1. The van der Waals surface area contributed by atoms with Crippen LogP contribution >= 0.6 is 0 Å². The number of rotatable bonds is 5. The molecule has 28 heavy (non-hydrogen) atoms. The van der Waals surface area contributed by atoms with Crippen molar-refractivity contribution in [3.05, 3.63) is 71.9 Å². The smallest absolute Gasteiger partial charge is 0.320 e. The van der Waals surface area contributed by atoms with Crippen LogP contribution in [0.5, 0.6) is 0 Å². The summed E-state index contributed by atoms with van der Waals surface area (Å²) in [6.07, 6.45) is 4.77. The molecule has 1 fully saturated rings. The maximum Gasteiger partial charge on any atom is 0.320 e. The molecule has 0 amide bonds. The van der Waals surface area contributed by atoms with E-state index < -0.39 is 12.0 Å². The lowest BCUT2D eigenvalue weighted by molar-refractivity contribution is -0.144. The van der Waals surface area contributed by atoms with Crippen LogP contribution in [-0.4, -0.2) is 38.3 Å². The number of aliphatic carboxylic acids is 1. The predicted octanol–water partition coefficient (Wildman–Crippen LogP) is 4.29. The van der Waals surface area contributed by atoms with Crippen LogP contribution in [0.15, 0.2) is 60.8 Å². The number of carbonyl (C=O) groups is 1. The highest BCUT2D eigenvalue weighted by molar-refractivity contribution is 5.73. The van der Waals surface area contributed by atoms with E-state index in [1.54, 1.807) is 0 Å². The molecular formula is C23H25N3O2. The van der Waals surface area contributed by atoms with Crippen LogP contribution in [-0.2, 0) is 11.3 Å². The maximum absolute atomic E-state index is 11.7. The quantitative estimate of drug-likeness (QED) is 0.723. The molecule has 5 nitrogen and oxygen atoms in total. The van der Waals surface area contributed by atoms with E-state index in [9.17, 15) is 9.90 Å². The average molecular weight is 375 g/mol. The summed E-state index contributed by atoms with van der Waals surface area (Å²) >= 11 is 0. The molecule has 1 N–H and O–H groups in total. The Morgan fingerprint density at radius 3 is 2.61 bits per heavy atom. The molecular weight excluding hydrogens is 350 g/mol. The molecule has 0 radical (unpaired) electrons. The third kappa shape index (κ3) is 3.71. The summed E-state index contributed by atoms with van der Waals surface area (Å²) in [4.78, 5) is 13.8. The fraction of sp³-hybridized carbons (Fsp3) is 0.304. The minimum absolute atomic E-state index is 0.418. The number of carboxylic acids is 1. The second kappa shape index (κ2) is 7.98. The second-order valence-corrected chi connectivity index (χ2v) is 7.42. The minimum atomic E-state index is -0.729. The van der Waals surface area contributed by atoms with Gasteiger partial charge in [0.1, 0.15) is 6.04 Å². The minimum Gasteiger partial charge on any atom is -0.480 e. The molecule has 2 heterocycles. The van der Waals surface area contributed by atoms with Gasteiger partial charge in [-0.3, -0.25) is 9.69 Å². The summed E-state index contributed by atoms with van der Waals surface area (Å²) in [5, 5.41) is 14.5. The largest absolute Gasteiger partial charge is 0.480 e. The van der Waals surface area contributed by atoms with Crippen molar-refractivity contribution in [3.63, 3.8) is 0 Å². The number of aromatic nitrogens is 2. The van der Waals surface area contributed by atoms with Crippen LogP contribution in [0.2, 0.25) is 0 Å². The maximum atomic E-state index is 11.7. The molecule has 1 unspecified atom stereocenters. The Hall–Kier alpha value is -2.92. The molecule has 1 atom stereocenters. The van der Waals surface area contributed by atoms with Crippen LogP contribution < -0.4 is 0 Å². The molecule has 144 valence electrons. The van der Waals surface area contributed by atoms with Crippen molar-refractivity contribution in [1.29, 1.82) is 0 Å². The van der Waals surface area contributed by atoms with E-state index in [2.05, 4.69) is 24.0 Å². The molecule has 2 aromatic carbocycles. The van der Waals surface area contributed by atoms with Gasteiger partial charge in [0.05, 0.1) is 11.4 Å². The zero-order valence-corrected chi connectivity index (χ0v) is 16.1. The topological polar surface area (TPSA) is 58.4 Å². The lowest BCUT2D eigenvalue weighted by Gasteiger charge is -2.32. The molecule has 1 saturated heterocycles. The fourth-order valence-electron chi connectivity index (χ4n) is 3.98. The molecule has 4 rings (SSSR count). The lowest BCUT2D eigenvalue weighted by Crippen LogP contribution is -2.44. The van der Waals surface area contributed by atoms with Crippen LogP contribution in [0, 0.1) is 6.92 Å². The van der Waals surface area contributed by atoms with Crippen molar-refractivity contribution in [1.82, 2.24) is 14.7 Å². The summed E-state index contributed by atoms with van der Waals surface area (Å²) in [6.45, 7) is 3.48. The van der Waals surface area contributed by atoms with Crippen molar-refractivity contribution in [2.24, 2.45) is 0 Å². The molecule has 0 spiro atoms. The SMILES string of the molecule is Cc1ccccc1-c1nn(-c2ccccc2)cc1CN1CCCCC1C(=O)O. The first-order chi connectivity index (χ1) is 13.6. The third-order valence-corrected chi connectivity index (χ3v) is 5.48. The summed E-state index contributed by atoms with van der Waals surface area (Å²) in [7, 11) is 0. The second-order valence-electron chi connectivity index (χ2n) is 7.42. The number of benzene rings is 2. The molecule has 1 aliphatic heterocycles. The number of aryl methyl sites for hydroxylation is 1. The van der Waals surface area contributed by atoms with Gasteiger partial charge in [-0.15, -0.1) is 0 Å². The van der Waals surface area contributed by atoms with Crippen LogP contribution in [0.3, 0.4) is 0 Å². The van der Waals surface area contributed by atoms with E-state index >= 15 is 0 Å². The average Bonchev–Trinajstić information content (AvgIpc) is 3.13. The highest BCUT2D eigenvalue weighted by atomic mass is 16.4. The van der Waals surface area contributed by atoms with E-state index in [0.29, 0.717) is 13.0 Å². The van der Waals surface area contributed by atoms with E-state index in [0.717, 1.165) is 47.5 Å². The Balaban J connectivity index is 1.75. The Labute approximate surface area is 165 Å². The van der Waals surface area contributed by atoms with Crippen LogP contribution in [0.25, 0.3) is 16.9 Å². The Bertz CT molecular complexity index is 965. The molecule has 3 aromatic rings. The van der Waals surface area contributed by atoms with Gasteiger partial charge in [-0.05, 0) is 44.0 Å². The Morgan fingerprint density at radius 1 is 1.11 bits per heavy atom. The number of likely N-dealkylation sites (tertiary alicyclic amines) is 1. The van der Waals surface area contributed by atoms with Gasteiger partial charge in [0.2, 0.25) is 0 Å². The van der Waals surface area contributed by atoms with E-state index in [1.165, 1.54) is 0 Å². The zero-order valence-electron chi connectivity index (χ0n) is 16.1. The normalized spacial score (nSPS) is 17.5. The fourth-order valence-corrected chi connectivity index (χ4v) is 3.98.